The molecule has 0 fully saturated rings. The first kappa shape index (κ1) is 14.4. The number of halogens is 2. The molecule has 0 radical (unpaired) electrons. The maximum atomic E-state index is 9.57. The lowest BCUT2D eigenvalue weighted by molar-refractivity contribution is 0.281. The van der Waals surface area contributed by atoms with Crippen LogP contribution in [0.1, 0.15) is 5.56 Å². The first-order valence-electron chi connectivity index (χ1n) is 6.24. The summed E-state index contributed by atoms with van der Waals surface area (Å²) in [6.07, 6.45) is 3.82. The molecular weight excluding hydrogens is 356 g/mol. The van der Waals surface area contributed by atoms with Gasteiger partial charge in [-0.1, -0.05) is 27.5 Å². The van der Waals surface area contributed by atoms with E-state index in [1.807, 2.05) is 28.9 Å². The largest absolute Gasteiger partial charge is 0.495 e. The summed E-state index contributed by atoms with van der Waals surface area (Å²) in [5.41, 5.74) is 3.08. The molecule has 1 aromatic carbocycles. The summed E-state index contributed by atoms with van der Waals surface area (Å²) in [6, 6.07) is 7.36. The lowest BCUT2D eigenvalue weighted by atomic mass is 10.1. The number of aliphatic hydroxyl groups excluding tert-OH is 1. The Morgan fingerprint density at radius 1 is 1.38 bits per heavy atom. The number of hydrogen-bond acceptors (Lipinski definition) is 3. The minimum Gasteiger partial charge on any atom is -0.495 e. The quantitative estimate of drug-likeness (QED) is 0.763. The number of methoxy groups -OCH3 is 1. The third-order valence-electron chi connectivity index (χ3n) is 3.25. The van der Waals surface area contributed by atoms with Crippen LogP contribution in [-0.4, -0.2) is 21.6 Å². The van der Waals surface area contributed by atoms with Gasteiger partial charge in [0, 0.05) is 22.4 Å². The molecule has 0 unspecified atom stereocenters. The Hall–Kier alpha value is -1.56. The van der Waals surface area contributed by atoms with E-state index >= 15 is 0 Å². The first-order chi connectivity index (χ1) is 10.1. The van der Waals surface area contributed by atoms with E-state index in [1.54, 1.807) is 19.2 Å². The maximum absolute atomic E-state index is 9.57. The minimum absolute atomic E-state index is 0.111. The van der Waals surface area contributed by atoms with Crippen LogP contribution in [0.15, 0.2) is 41.1 Å². The summed E-state index contributed by atoms with van der Waals surface area (Å²) in [6.45, 7) is -0.111. The number of imidazole rings is 1. The van der Waals surface area contributed by atoms with Crippen LogP contribution in [0.2, 0.25) is 5.02 Å². The van der Waals surface area contributed by atoms with Crippen LogP contribution >= 0.6 is 27.5 Å². The Kier molecular flexibility index (Phi) is 3.89. The summed E-state index contributed by atoms with van der Waals surface area (Å²) < 4.78 is 8.05. The van der Waals surface area contributed by atoms with Gasteiger partial charge in [-0.3, -0.25) is 0 Å². The van der Waals surface area contributed by atoms with E-state index in [1.165, 1.54) is 0 Å². The molecule has 0 amide bonds. The molecule has 0 saturated carbocycles. The zero-order valence-corrected chi connectivity index (χ0v) is 13.5. The highest BCUT2D eigenvalue weighted by atomic mass is 79.9. The van der Waals surface area contributed by atoms with E-state index in [0.29, 0.717) is 10.8 Å². The van der Waals surface area contributed by atoms with E-state index in [2.05, 4.69) is 20.9 Å². The number of hydrogen-bond donors (Lipinski definition) is 1. The zero-order chi connectivity index (χ0) is 15.0. The molecule has 3 aromatic rings. The van der Waals surface area contributed by atoms with Crippen molar-refractivity contribution in [2.75, 3.05) is 7.11 Å². The predicted octanol–water partition coefficient (Wildman–Crippen LogP) is 3.92. The highest BCUT2D eigenvalue weighted by Gasteiger charge is 2.13. The SMILES string of the molecule is COc1cc(CO)c(-c2cn3ccc(Br)cc3n2)cc1Cl. The molecule has 0 bridgehead atoms. The van der Waals surface area contributed by atoms with Crippen molar-refractivity contribution in [1.29, 1.82) is 0 Å². The van der Waals surface area contributed by atoms with E-state index in [9.17, 15) is 5.11 Å². The van der Waals surface area contributed by atoms with Gasteiger partial charge in [0.05, 0.1) is 24.4 Å². The molecule has 0 aliphatic carbocycles. The van der Waals surface area contributed by atoms with E-state index < -0.39 is 0 Å². The topological polar surface area (TPSA) is 46.8 Å². The highest BCUT2D eigenvalue weighted by molar-refractivity contribution is 9.10. The molecule has 2 heterocycles. The maximum Gasteiger partial charge on any atom is 0.138 e. The Morgan fingerprint density at radius 2 is 2.19 bits per heavy atom. The molecule has 2 aromatic heterocycles. The van der Waals surface area contributed by atoms with Gasteiger partial charge in [0.1, 0.15) is 11.4 Å². The number of aromatic nitrogens is 2. The van der Waals surface area contributed by atoms with Crippen LogP contribution in [-0.2, 0) is 6.61 Å². The molecule has 0 saturated heterocycles. The summed E-state index contributed by atoms with van der Waals surface area (Å²) in [5, 5.41) is 10.1. The van der Waals surface area contributed by atoms with E-state index in [-0.39, 0.29) is 6.61 Å². The number of fused-ring (bicyclic) bond motifs is 1. The fourth-order valence-electron chi connectivity index (χ4n) is 2.21. The molecule has 0 spiro atoms. The van der Waals surface area contributed by atoms with Crippen molar-refractivity contribution in [3.8, 4) is 17.0 Å². The number of rotatable bonds is 3. The van der Waals surface area contributed by atoms with Crippen molar-refractivity contribution in [3.05, 3.63) is 51.7 Å². The van der Waals surface area contributed by atoms with Gasteiger partial charge >= 0.3 is 0 Å². The van der Waals surface area contributed by atoms with Gasteiger partial charge in [-0.25, -0.2) is 4.98 Å². The van der Waals surface area contributed by atoms with E-state index in [4.69, 9.17) is 16.3 Å². The third kappa shape index (κ3) is 2.64. The molecule has 0 aliphatic heterocycles. The normalized spacial score (nSPS) is 11.0. The first-order valence-corrected chi connectivity index (χ1v) is 7.41. The number of benzene rings is 1. The van der Waals surface area contributed by atoms with Gasteiger partial charge in [0.2, 0.25) is 0 Å². The van der Waals surface area contributed by atoms with Crippen molar-refractivity contribution in [1.82, 2.24) is 9.38 Å². The van der Waals surface area contributed by atoms with Gasteiger partial charge in [-0.2, -0.15) is 0 Å². The van der Waals surface area contributed by atoms with Crippen molar-refractivity contribution < 1.29 is 9.84 Å². The van der Waals surface area contributed by atoms with Gasteiger partial charge in [0.15, 0.2) is 0 Å². The number of aliphatic hydroxyl groups is 1. The average molecular weight is 368 g/mol. The summed E-state index contributed by atoms with van der Waals surface area (Å²) >= 11 is 9.61. The minimum atomic E-state index is -0.111. The number of nitrogens with zero attached hydrogens (tertiary/aromatic N) is 2. The highest BCUT2D eigenvalue weighted by Crippen LogP contribution is 2.33. The summed E-state index contributed by atoms with van der Waals surface area (Å²) in [4.78, 5) is 4.57. The number of ether oxygens (including phenoxy) is 1. The fourth-order valence-corrected chi connectivity index (χ4v) is 2.77. The zero-order valence-electron chi connectivity index (χ0n) is 11.2. The molecule has 4 nitrogen and oxygen atoms in total. The van der Waals surface area contributed by atoms with Crippen LogP contribution in [0.5, 0.6) is 5.75 Å². The summed E-state index contributed by atoms with van der Waals surface area (Å²) in [7, 11) is 1.55. The van der Waals surface area contributed by atoms with Crippen LogP contribution in [0.3, 0.4) is 0 Å². The van der Waals surface area contributed by atoms with Gasteiger partial charge in [-0.15, -0.1) is 0 Å². The van der Waals surface area contributed by atoms with Gasteiger partial charge in [-0.05, 0) is 29.8 Å². The monoisotopic (exact) mass is 366 g/mol. The summed E-state index contributed by atoms with van der Waals surface area (Å²) in [5.74, 6) is 0.538. The molecule has 0 atom stereocenters. The standard InChI is InChI=1S/C15H12BrClN2O2/c1-21-14-4-9(8-20)11(6-12(14)17)13-7-19-3-2-10(16)5-15(19)18-13/h2-7,20H,8H2,1H3. The van der Waals surface area contributed by atoms with Crippen LogP contribution in [0, 0.1) is 0 Å². The average Bonchev–Trinajstić information content (AvgIpc) is 2.89. The van der Waals surface area contributed by atoms with Crippen molar-refractivity contribution in [2.24, 2.45) is 0 Å². The fraction of sp³-hybridized carbons (Fsp3) is 0.133. The molecule has 0 aliphatic rings. The number of pyridine rings is 1. The molecule has 108 valence electrons. The third-order valence-corrected chi connectivity index (χ3v) is 4.03. The van der Waals surface area contributed by atoms with Gasteiger partial charge in [0.25, 0.3) is 0 Å². The smallest absolute Gasteiger partial charge is 0.138 e. The second kappa shape index (κ2) is 5.67. The lowest BCUT2D eigenvalue weighted by Gasteiger charge is -2.09. The Labute approximate surface area is 135 Å². The Balaban J connectivity index is 2.19. The van der Waals surface area contributed by atoms with Crippen LogP contribution in [0.4, 0.5) is 0 Å². The van der Waals surface area contributed by atoms with Crippen molar-refractivity contribution in [3.63, 3.8) is 0 Å². The van der Waals surface area contributed by atoms with Crippen molar-refractivity contribution >= 4 is 33.2 Å². The molecule has 1 N–H and O–H groups in total. The van der Waals surface area contributed by atoms with E-state index in [0.717, 1.165) is 26.9 Å². The molecule has 6 heteroatoms. The van der Waals surface area contributed by atoms with Crippen LogP contribution in [0.25, 0.3) is 16.9 Å². The van der Waals surface area contributed by atoms with Crippen LogP contribution < -0.4 is 4.74 Å². The van der Waals surface area contributed by atoms with Gasteiger partial charge < -0.3 is 14.2 Å². The second-order valence-electron chi connectivity index (χ2n) is 4.54. The molecule has 3 rings (SSSR count). The van der Waals surface area contributed by atoms with Crippen molar-refractivity contribution in [2.45, 2.75) is 6.61 Å². The second-order valence-corrected chi connectivity index (χ2v) is 5.86. The predicted molar refractivity (Wildman–Crippen MR) is 85.8 cm³/mol. The molecular formula is C15H12BrClN2O2. The lowest BCUT2D eigenvalue weighted by Crippen LogP contribution is -1.93. The Bertz CT molecular complexity index is 817. The Morgan fingerprint density at radius 3 is 2.90 bits per heavy atom. The molecule has 21 heavy (non-hydrogen) atoms.